The van der Waals surface area contributed by atoms with Gasteiger partial charge in [0.1, 0.15) is 5.75 Å². The number of pyridine rings is 1. The van der Waals surface area contributed by atoms with E-state index in [2.05, 4.69) is 27.3 Å². The van der Waals surface area contributed by atoms with E-state index in [4.69, 9.17) is 4.74 Å². The number of benzene rings is 2. The predicted octanol–water partition coefficient (Wildman–Crippen LogP) is 4.16. The van der Waals surface area contributed by atoms with Gasteiger partial charge in [0.2, 0.25) is 10.0 Å². The van der Waals surface area contributed by atoms with E-state index >= 15 is 0 Å². The van der Waals surface area contributed by atoms with Gasteiger partial charge in [0.15, 0.2) is 0 Å². The monoisotopic (exact) mass is 463 g/mol. The Hall–Kier alpha value is -2.74. The lowest BCUT2D eigenvalue weighted by Gasteiger charge is -2.51. The molecule has 0 amide bonds. The van der Waals surface area contributed by atoms with E-state index in [9.17, 15) is 8.42 Å². The third-order valence-corrected chi connectivity index (χ3v) is 8.67. The van der Waals surface area contributed by atoms with Crippen molar-refractivity contribution < 1.29 is 13.2 Å². The van der Waals surface area contributed by atoms with Gasteiger partial charge in [0.25, 0.3) is 0 Å². The highest BCUT2D eigenvalue weighted by Gasteiger charge is 2.44. The number of hydrogen-bond acceptors (Lipinski definition) is 5. The zero-order valence-corrected chi connectivity index (χ0v) is 19.5. The summed E-state index contributed by atoms with van der Waals surface area (Å²) in [5.74, 6) is 1.61. The van der Waals surface area contributed by atoms with Gasteiger partial charge in [0.05, 0.1) is 23.6 Å². The number of aromatic nitrogens is 1. The number of nitrogens with one attached hydrogen (secondary N) is 1. The summed E-state index contributed by atoms with van der Waals surface area (Å²) in [5, 5.41) is 0.977. The maximum Gasteiger partial charge on any atom is 0.241 e. The molecule has 4 unspecified atom stereocenters. The van der Waals surface area contributed by atoms with Crippen LogP contribution in [0.5, 0.6) is 5.75 Å². The summed E-state index contributed by atoms with van der Waals surface area (Å²) >= 11 is 0. The van der Waals surface area contributed by atoms with Crippen LogP contribution in [0.1, 0.15) is 24.4 Å². The second-order valence-electron chi connectivity index (χ2n) is 8.94. The molecule has 1 N–H and O–H groups in total. The first kappa shape index (κ1) is 22.1. The normalized spacial score (nSPS) is 25.6. The van der Waals surface area contributed by atoms with Crippen molar-refractivity contribution in [3.05, 3.63) is 79.0 Å². The van der Waals surface area contributed by atoms with E-state index in [0.29, 0.717) is 17.6 Å². The van der Waals surface area contributed by atoms with E-state index in [1.807, 2.05) is 30.3 Å². The van der Waals surface area contributed by atoms with Gasteiger partial charge in [-0.15, -0.1) is 6.58 Å². The number of nitrogens with zero attached hydrogens (tertiary/aromatic N) is 2. The maximum atomic E-state index is 13.5. The summed E-state index contributed by atoms with van der Waals surface area (Å²) in [6.07, 6.45) is 5.89. The molecule has 0 radical (unpaired) electrons. The van der Waals surface area contributed by atoms with Crippen molar-refractivity contribution in [1.82, 2.24) is 14.6 Å². The Morgan fingerprint density at radius 1 is 1.18 bits per heavy atom. The van der Waals surface area contributed by atoms with Crippen molar-refractivity contribution in [3.8, 4) is 5.75 Å². The SMILES string of the molecule is C=CC1CN2CCC1CC2[C@@H](NS(=O)(=O)c1ccc(OC)cc1)c1ccnc2ccccc12. The quantitative estimate of drug-likeness (QED) is 0.533. The zero-order chi connectivity index (χ0) is 23.0. The summed E-state index contributed by atoms with van der Waals surface area (Å²) in [6, 6.07) is 16.1. The second-order valence-corrected chi connectivity index (χ2v) is 10.7. The lowest BCUT2D eigenvalue weighted by atomic mass is 9.73. The van der Waals surface area contributed by atoms with E-state index < -0.39 is 16.1 Å². The Kier molecular flexibility index (Phi) is 5.95. The Balaban J connectivity index is 1.56. The van der Waals surface area contributed by atoms with Crippen LogP contribution in [0.15, 0.2) is 78.3 Å². The predicted molar refractivity (Wildman–Crippen MR) is 130 cm³/mol. The molecule has 2 bridgehead atoms. The summed E-state index contributed by atoms with van der Waals surface area (Å²) < 4.78 is 35.3. The minimum Gasteiger partial charge on any atom is -0.497 e. The fourth-order valence-corrected chi connectivity index (χ4v) is 6.70. The summed E-state index contributed by atoms with van der Waals surface area (Å²) in [6.45, 7) is 5.92. The van der Waals surface area contributed by atoms with Crippen molar-refractivity contribution in [3.63, 3.8) is 0 Å². The number of para-hydroxylation sites is 1. The van der Waals surface area contributed by atoms with Crippen molar-refractivity contribution in [1.29, 1.82) is 0 Å². The number of ether oxygens (including phenoxy) is 1. The minimum atomic E-state index is -3.76. The molecule has 3 aliphatic heterocycles. The van der Waals surface area contributed by atoms with Crippen LogP contribution >= 0.6 is 0 Å². The molecular weight excluding hydrogens is 434 g/mol. The van der Waals surface area contributed by atoms with Crippen molar-refractivity contribution in [2.75, 3.05) is 20.2 Å². The van der Waals surface area contributed by atoms with E-state index in [0.717, 1.165) is 42.4 Å². The maximum absolute atomic E-state index is 13.5. The van der Waals surface area contributed by atoms with Gasteiger partial charge < -0.3 is 4.74 Å². The first-order valence-corrected chi connectivity index (χ1v) is 12.8. The standard InChI is InChI=1S/C26H29N3O3S/c1-3-18-17-29-15-13-19(18)16-25(29)26(23-12-14-27-24-7-5-4-6-22(23)24)28-33(30,31)21-10-8-20(32-2)9-11-21/h3-12,14,18-19,25-26,28H,1,13,15-17H2,2H3/t18?,19?,25?,26-/m0/s1. The molecule has 0 saturated carbocycles. The molecule has 33 heavy (non-hydrogen) atoms. The highest BCUT2D eigenvalue weighted by atomic mass is 32.2. The molecule has 6 nitrogen and oxygen atoms in total. The largest absolute Gasteiger partial charge is 0.497 e. The molecule has 3 fully saturated rings. The van der Waals surface area contributed by atoms with Gasteiger partial charge in [-0.1, -0.05) is 24.3 Å². The molecule has 4 heterocycles. The van der Waals surface area contributed by atoms with Gasteiger partial charge >= 0.3 is 0 Å². The van der Waals surface area contributed by atoms with Crippen LogP contribution in [0.25, 0.3) is 10.9 Å². The Bertz CT molecular complexity index is 1250. The summed E-state index contributed by atoms with van der Waals surface area (Å²) in [4.78, 5) is 7.16. The number of piperidine rings is 3. The Morgan fingerprint density at radius 3 is 2.67 bits per heavy atom. The molecule has 172 valence electrons. The first-order valence-electron chi connectivity index (χ1n) is 11.4. The summed E-state index contributed by atoms with van der Waals surface area (Å²) in [5.41, 5.74) is 1.83. The number of sulfonamides is 1. The van der Waals surface area contributed by atoms with Gasteiger partial charge in [-0.25, -0.2) is 13.1 Å². The van der Waals surface area contributed by atoms with Gasteiger partial charge in [-0.05, 0) is 73.2 Å². The number of fused-ring (bicyclic) bond motifs is 4. The number of methoxy groups -OCH3 is 1. The van der Waals surface area contributed by atoms with E-state index in [-0.39, 0.29) is 10.9 Å². The highest BCUT2D eigenvalue weighted by Crippen LogP contribution is 2.42. The second kappa shape index (κ2) is 8.89. The molecule has 0 aliphatic carbocycles. The number of rotatable bonds is 7. The van der Waals surface area contributed by atoms with Crippen LogP contribution in [0, 0.1) is 11.8 Å². The topological polar surface area (TPSA) is 71.5 Å². The fraction of sp³-hybridized carbons (Fsp3) is 0.346. The Morgan fingerprint density at radius 2 is 1.97 bits per heavy atom. The lowest BCUT2D eigenvalue weighted by molar-refractivity contribution is 0.00490. The third-order valence-electron chi connectivity index (χ3n) is 7.21. The van der Waals surface area contributed by atoms with Crippen LogP contribution in [0.3, 0.4) is 0 Å². The van der Waals surface area contributed by atoms with Gasteiger partial charge in [0, 0.05) is 24.2 Å². The van der Waals surface area contributed by atoms with Crippen LogP contribution < -0.4 is 9.46 Å². The minimum absolute atomic E-state index is 0.0683. The molecule has 3 aliphatic rings. The number of hydrogen-bond donors (Lipinski definition) is 1. The van der Waals surface area contributed by atoms with Crippen molar-refractivity contribution >= 4 is 20.9 Å². The molecule has 3 aromatic rings. The van der Waals surface area contributed by atoms with E-state index in [1.54, 1.807) is 37.6 Å². The van der Waals surface area contributed by atoms with Gasteiger partial charge in [-0.2, -0.15) is 0 Å². The molecule has 0 spiro atoms. The van der Waals surface area contributed by atoms with E-state index in [1.165, 1.54) is 0 Å². The van der Waals surface area contributed by atoms with Crippen molar-refractivity contribution in [2.24, 2.45) is 11.8 Å². The molecule has 5 atom stereocenters. The van der Waals surface area contributed by atoms with Crippen LogP contribution in [-0.4, -0.2) is 44.5 Å². The lowest BCUT2D eigenvalue weighted by Crippen LogP contribution is -2.57. The molecular formula is C26H29N3O3S. The molecule has 6 rings (SSSR count). The molecule has 1 aromatic heterocycles. The van der Waals surface area contributed by atoms with Crippen LogP contribution in [0.4, 0.5) is 0 Å². The van der Waals surface area contributed by atoms with Gasteiger partial charge in [-0.3, -0.25) is 9.88 Å². The molecule has 3 saturated heterocycles. The first-order chi connectivity index (χ1) is 16.0. The fourth-order valence-electron chi connectivity index (χ4n) is 5.45. The zero-order valence-electron chi connectivity index (χ0n) is 18.7. The molecule has 2 aromatic carbocycles. The smallest absolute Gasteiger partial charge is 0.241 e. The van der Waals surface area contributed by atoms with Crippen LogP contribution in [0.2, 0.25) is 0 Å². The Labute approximate surface area is 195 Å². The highest BCUT2D eigenvalue weighted by molar-refractivity contribution is 7.89. The third kappa shape index (κ3) is 4.16. The average Bonchev–Trinajstić information content (AvgIpc) is 2.87. The van der Waals surface area contributed by atoms with Crippen molar-refractivity contribution in [2.45, 2.75) is 29.8 Å². The van der Waals surface area contributed by atoms with Crippen LogP contribution in [-0.2, 0) is 10.0 Å². The molecule has 7 heteroatoms. The average molecular weight is 464 g/mol. The summed E-state index contributed by atoms with van der Waals surface area (Å²) in [7, 11) is -2.19.